The summed E-state index contributed by atoms with van der Waals surface area (Å²) < 4.78 is 1.74. The minimum Gasteiger partial charge on any atom is -0.325 e. The number of rotatable bonds is 2. The lowest BCUT2D eigenvalue weighted by Crippen LogP contribution is -2.22. The molecule has 0 saturated heterocycles. The van der Waals surface area contributed by atoms with E-state index in [0.717, 1.165) is 0 Å². The third-order valence-corrected chi connectivity index (χ3v) is 2.05. The first-order valence-corrected chi connectivity index (χ1v) is 4.29. The van der Waals surface area contributed by atoms with Crippen LogP contribution in [-0.2, 0) is 11.8 Å². The molecule has 0 unspecified atom stereocenters. The van der Waals surface area contributed by atoms with Crippen molar-refractivity contribution >= 4 is 17.6 Å². The normalized spacial score (nSPS) is 16.3. The molecular weight excluding hydrogens is 182 g/mol. The van der Waals surface area contributed by atoms with E-state index in [1.807, 2.05) is 7.05 Å². The summed E-state index contributed by atoms with van der Waals surface area (Å²) in [6, 6.07) is 0. The highest BCUT2D eigenvalue weighted by molar-refractivity contribution is 6.13. The van der Waals surface area contributed by atoms with Crippen molar-refractivity contribution in [3.8, 4) is 0 Å². The summed E-state index contributed by atoms with van der Waals surface area (Å²) in [5.41, 5.74) is 6.11. The fraction of sp³-hybridized carbons (Fsp3) is 0.375. The molecule has 0 fully saturated rings. The van der Waals surface area contributed by atoms with Crippen LogP contribution in [-0.4, -0.2) is 27.7 Å². The molecule has 0 aliphatic carbocycles. The Kier molecular flexibility index (Phi) is 2.05. The Labute approximate surface area is 81.0 Å². The fourth-order valence-corrected chi connectivity index (χ4v) is 1.31. The monoisotopic (exact) mass is 193 g/mol. The molecule has 1 aromatic rings. The van der Waals surface area contributed by atoms with Crippen LogP contribution in [0.1, 0.15) is 6.42 Å². The highest BCUT2D eigenvalue weighted by Gasteiger charge is 2.26. The molecule has 2 heterocycles. The highest BCUT2D eigenvalue weighted by Crippen LogP contribution is 2.16. The number of carbonyl (C=O) groups excluding carboxylic acids is 1. The Morgan fingerprint density at radius 1 is 1.64 bits per heavy atom. The van der Waals surface area contributed by atoms with Crippen LogP contribution in [0.5, 0.6) is 0 Å². The van der Waals surface area contributed by atoms with Gasteiger partial charge in [0.05, 0.1) is 12.1 Å². The zero-order chi connectivity index (χ0) is 10.1. The van der Waals surface area contributed by atoms with E-state index in [4.69, 9.17) is 5.73 Å². The number of imidazole rings is 1. The van der Waals surface area contributed by atoms with E-state index in [1.54, 1.807) is 17.0 Å². The van der Waals surface area contributed by atoms with Crippen molar-refractivity contribution in [1.29, 1.82) is 0 Å². The maximum absolute atomic E-state index is 11.5. The van der Waals surface area contributed by atoms with E-state index < -0.39 is 0 Å². The molecule has 1 aliphatic rings. The van der Waals surface area contributed by atoms with Crippen LogP contribution in [0.3, 0.4) is 0 Å². The van der Waals surface area contributed by atoms with Gasteiger partial charge in [-0.05, 0) is 0 Å². The molecule has 6 nitrogen and oxygen atoms in total. The summed E-state index contributed by atoms with van der Waals surface area (Å²) >= 11 is 0. The summed E-state index contributed by atoms with van der Waals surface area (Å²) in [4.78, 5) is 15.5. The maximum Gasteiger partial charge on any atom is 0.255 e. The number of nitrogens with zero attached hydrogens (tertiary/aromatic N) is 4. The molecule has 1 aromatic heterocycles. The molecule has 0 aromatic carbocycles. The van der Waals surface area contributed by atoms with Crippen molar-refractivity contribution in [2.45, 2.75) is 6.42 Å². The van der Waals surface area contributed by atoms with Gasteiger partial charge < -0.3 is 10.3 Å². The standard InChI is InChI=1S/C8H11N5O/c1-12-3-2-10-8(12)13-7(14)4-6(5-9)11-13/h2-3H,4-5,9H2,1H3. The molecule has 1 amide bonds. The number of amides is 1. The highest BCUT2D eigenvalue weighted by atomic mass is 16.2. The fourth-order valence-electron chi connectivity index (χ4n) is 1.31. The number of hydrazone groups is 1. The molecular formula is C8H11N5O. The third kappa shape index (κ3) is 1.29. The molecule has 0 saturated carbocycles. The second kappa shape index (κ2) is 3.22. The van der Waals surface area contributed by atoms with E-state index in [1.165, 1.54) is 5.01 Å². The molecule has 0 spiro atoms. The molecule has 0 bridgehead atoms. The Morgan fingerprint density at radius 3 is 2.93 bits per heavy atom. The second-order valence-corrected chi connectivity index (χ2v) is 3.09. The summed E-state index contributed by atoms with van der Waals surface area (Å²) in [5, 5.41) is 5.38. The van der Waals surface area contributed by atoms with Gasteiger partial charge in [0, 0.05) is 26.0 Å². The van der Waals surface area contributed by atoms with E-state index in [9.17, 15) is 4.79 Å². The van der Waals surface area contributed by atoms with Gasteiger partial charge in [0.2, 0.25) is 5.95 Å². The van der Waals surface area contributed by atoms with Gasteiger partial charge >= 0.3 is 0 Å². The van der Waals surface area contributed by atoms with Gasteiger partial charge in [-0.3, -0.25) is 4.79 Å². The van der Waals surface area contributed by atoms with Crippen LogP contribution in [0.4, 0.5) is 5.95 Å². The van der Waals surface area contributed by atoms with E-state index in [2.05, 4.69) is 10.1 Å². The number of anilines is 1. The lowest BCUT2D eigenvalue weighted by Gasteiger charge is -2.09. The smallest absolute Gasteiger partial charge is 0.255 e. The van der Waals surface area contributed by atoms with Crippen molar-refractivity contribution in [1.82, 2.24) is 9.55 Å². The lowest BCUT2D eigenvalue weighted by molar-refractivity contribution is -0.117. The van der Waals surface area contributed by atoms with E-state index in [0.29, 0.717) is 24.6 Å². The molecule has 6 heteroatoms. The number of hydrogen-bond donors (Lipinski definition) is 1. The summed E-state index contributed by atoms with van der Waals surface area (Å²) in [6.07, 6.45) is 3.68. The molecule has 2 N–H and O–H groups in total. The quantitative estimate of drug-likeness (QED) is 0.686. The maximum atomic E-state index is 11.5. The van der Waals surface area contributed by atoms with Crippen molar-refractivity contribution in [2.24, 2.45) is 17.9 Å². The van der Waals surface area contributed by atoms with Crippen LogP contribution in [0, 0.1) is 0 Å². The lowest BCUT2D eigenvalue weighted by atomic mass is 10.3. The average Bonchev–Trinajstić information content (AvgIpc) is 2.72. The topological polar surface area (TPSA) is 76.5 Å². The molecule has 0 radical (unpaired) electrons. The number of aryl methyl sites for hydroxylation is 1. The largest absolute Gasteiger partial charge is 0.325 e. The van der Waals surface area contributed by atoms with E-state index >= 15 is 0 Å². The first-order valence-electron chi connectivity index (χ1n) is 4.29. The van der Waals surface area contributed by atoms with Gasteiger partial charge in [-0.15, -0.1) is 0 Å². The van der Waals surface area contributed by atoms with Crippen LogP contribution in [0.15, 0.2) is 17.5 Å². The first kappa shape index (κ1) is 8.89. The predicted molar refractivity (Wildman–Crippen MR) is 51.8 cm³/mol. The van der Waals surface area contributed by atoms with Gasteiger partial charge in [-0.2, -0.15) is 10.1 Å². The van der Waals surface area contributed by atoms with Crippen LogP contribution >= 0.6 is 0 Å². The number of aromatic nitrogens is 2. The third-order valence-electron chi connectivity index (χ3n) is 2.05. The van der Waals surface area contributed by atoms with Gasteiger partial charge in [0.25, 0.3) is 5.91 Å². The zero-order valence-electron chi connectivity index (χ0n) is 7.84. The predicted octanol–water partition coefficient (Wildman–Crippen LogP) is -0.528. The summed E-state index contributed by atoms with van der Waals surface area (Å²) in [6.45, 7) is 0.312. The van der Waals surface area contributed by atoms with Gasteiger partial charge in [0.1, 0.15) is 0 Å². The zero-order valence-corrected chi connectivity index (χ0v) is 7.84. The molecule has 74 valence electrons. The Hall–Kier alpha value is -1.69. The Bertz CT molecular complexity index is 394. The van der Waals surface area contributed by atoms with Gasteiger partial charge in [-0.25, -0.2) is 4.98 Å². The second-order valence-electron chi connectivity index (χ2n) is 3.09. The average molecular weight is 193 g/mol. The van der Waals surface area contributed by atoms with Crippen molar-refractivity contribution in [3.63, 3.8) is 0 Å². The van der Waals surface area contributed by atoms with Crippen molar-refractivity contribution < 1.29 is 4.79 Å². The molecule has 1 aliphatic heterocycles. The Morgan fingerprint density at radius 2 is 2.43 bits per heavy atom. The molecule has 2 rings (SSSR count). The van der Waals surface area contributed by atoms with Crippen molar-refractivity contribution in [3.05, 3.63) is 12.4 Å². The van der Waals surface area contributed by atoms with Crippen LogP contribution in [0.2, 0.25) is 0 Å². The van der Waals surface area contributed by atoms with Crippen LogP contribution < -0.4 is 10.7 Å². The van der Waals surface area contributed by atoms with Gasteiger partial charge in [-0.1, -0.05) is 0 Å². The SMILES string of the molecule is Cn1ccnc1N1N=C(CN)CC1=O. The van der Waals surface area contributed by atoms with E-state index in [-0.39, 0.29) is 5.91 Å². The number of nitrogens with two attached hydrogens (primary N) is 1. The number of hydrogen-bond acceptors (Lipinski definition) is 4. The molecule has 14 heavy (non-hydrogen) atoms. The van der Waals surface area contributed by atoms with Crippen LogP contribution in [0.25, 0.3) is 0 Å². The van der Waals surface area contributed by atoms with Gasteiger partial charge in [0.15, 0.2) is 0 Å². The van der Waals surface area contributed by atoms with Crippen molar-refractivity contribution in [2.75, 3.05) is 11.6 Å². The molecule has 0 atom stereocenters. The minimum atomic E-state index is -0.0836. The summed E-state index contributed by atoms with van der Waals surface area (Å²) in [5.74, 6) is 0.443. The Balaban J connectivity index is 2.32. The summed E-state index contributed by atoms with van der Waals surface area (Å²) in [7, 11) is 1.81. The minimum absolute atomic E-state index is 0.0836. The number of carbonyl (C=O) groups is 1. The first-order chi connectivity index (χ1) is 6.72.